The Morgan fingerprint density at radius 1 is 1.04 bits per heavy atom. The number of nitrogens with zero attached hydrogens (tertiary/aromatic N) is 2. The molecule has 0 bridgehead atoms. The van der Waals surface area contributed by atoms with E-state index in [9.17, 15) is 15.4 Å². The maximum atomic E-state index is 10.7. The maximum absolute atomic E-state index is 10.7. The van der Waals surface area contributed by atoms with Crippen molar-refractivity contribution in [2.75, 3.05) is 0 Å². The molecule has 0 aromatic heterocycles. The number of halogens is 1. The molecule has 28 heavy (non-hydrogen) atoms. The molecule has 5 nitrogen and oxygen atoms in total. The monoisotopic (exact) mass is 434 g/mol. The highest BCUT2D eigenvalue weighted by Gasteiger charge is 2.07. The van der Waals surface area contributed by atoms with Gasteiger partial charge in [0.25, 0.3) is 5.69 Å². The quantitative estimate of drug-likeness (QED) is 0.206. The smallest absolute Gasteiger partial charge is 0.269 e. The Balaban J connectivity index is 1.69. The third-order valence-electron chi connectivity index (χ3n) is 4.02. The third-order valence-corrected chi connectivity index (χ3v) is 4.55. The molecule has 0 aliphatic carbocycles. The van der Waals surface area contributed by atoms with Crippen LogP contribution in [0.25, 0.3) is 11.6 Å². The van der Waals surface area contributed by atoms with Crippen molar-refractivity contribution in [3.05, 3.63) is 104 Å². The molecule has 138 valence electrons. The molecular weight excluding hydrogens is 420 g/mol. The van der Waals surface area contributed by atoms with Gasteiger partial charge >= 0.3 is 0 Å². The molecule has 0 fully saturated rings. The van der Waals surface area contributed by atoms with E-state index < -0.39 is 4.92 Å². The van der Waals surface area contributed by atoms with Crippen molar-refractivity contribution in [2.24, 2.45) is 0 Å². The first-order chi connectivity index (χ1) is 13.5. The van der Waals surface area contributed by atoms with Crippen LogP contribution in [0.3, 0.4) is 0 Å². The summed E-state index contributed by atoms with van der Waals surface area (Å²) in [6.45, 7) is 0.467. The molecule has 0 aliphatic rings. The van der Waals surface area contributed by atoms with Gasteiger partial charge in [-0.05, 0) is 59.2 Å². The average Bonchev–Trinajstić information content (AvgIpc) is 2.72. The van der Waals surface area contributed by atoms with Crippen LogP contribution in [-0.4, -0.2) is 4.92 Å². The Morgan fingerprint density at radius 2 is 1.68 bits per heavy atom. The average molecular weight is 435 g/mol. The molecule has 0 aliphatic heterocycles. The van der Waals surface area contributed by atoms with Gasteiger partial charge < -0.3 is 4.74 Å². The molecule has 0 saturated heterocycles. The summed E-state index contributed by atoms with van der Waals surface area (Å²) in [4.78, 5) is 10.3. The minimum absolute atomic E-state index is 0.00619. The molecule has 0 atom stereocenters. The number of hydrogen-bond acceptors (Lipinski definition) is 4. The normalized spacial score (nSPS) is 10.9. The molecule has 0 saturated carbocycles. The van der Waals surface area contributed by atoms with Crippen LogP contribution in [0.1, 0.15) is 16.7 Å². The van der Waals surface area contributed by atoms with E-state index in [0.29, 0.717) is 17.7 Å². The predicted molar refractivity (Wildman–Crippen MR) is 111 cm³/mol. The second kappa shape index (κ2) is 8.98. The summed E-state index contributed by atoms with van der Waals surface area (Å²) in [5.41, 5.74) is 2.96. The SMILES string of the molecule is N#CC(=Cc1ccc(OCc2ccc(Br)cc2)cc1)c1ccc([N+](=O)[O-])cc1. The van der Waals surface area contributed by atoms with E-state index in [2.05, 4.69) is 22.0 Å². The van der Waals surface area contributed by atoms with Crippen LogP contribution in [0.2, 0.25) is 0 Å². The number of non-ortho nitro benzene ring substituents is 1. The summed E-state index contributed by atoms with van der Waals surface area (Å²) in [5, 5.41) is 20.2. The lowest BCUT2D eigenvalue weighted by molar-refractivity contribution is -0.384. The maximum Gasteiger partial charge on any atom is 0.269 e. The van der Waals surface area contributed by atoms with Gasteiger partial charge in [0.2, 0.25) is 0 Å². The van der Waals surface area contributed by atoms with E-state index in [1.54, 1.807) is 18.2 Å². The first-order valence-corrected chi connectivity index (χ1v) is 9.18. The summed E-state index contributed by atoms with van der Waals surface area (Å²) in [6.07, 6.45) is 1.74. The summed E-state index contributed by atoms with van der Waals surface area (Å²) < 4.78 is 6.80. The lowest BCUT2D eigenvalue weighted by Gasteiger charge is -2.07. The van der Waals surface area contributed by atoms with Crippen LogP contribution >= 0.6 is 15.9 Å². The van der Waals surface area contributed by atoms with Crippen LogP contribution in [0.4, 0.5) is 5.69 Å². The Kier molecular flexibility index (Phi) is 6.20. The highest BCUT2D eigenvalue weighted by molar-refractivity contribution is 9.10. The Bertz CT molecular complexity index is 1040. The van der Waals surface area contributed by atoms with E-state index in [1.165, 1.54) is 12.1 Å². The Hall–Kier alpha value is -3.43. The van der Waals surface area contributed by atoms with Gasteiger partial charge in [-0.3, -0.25) is 10.1 Å². The van der Waals surface area contributed by atoms with Crippen LogP contribution in [0.15, 0.2) is 77.3 Å². The van der Waals surface area contributed by atoms with Crippen molar-refractivity contribution in [1.82, 2.24) is 0 Å². The minimum Gasteiger partial charge on any atom is -0.489 e. The van der Waals surface area contributed by atoms with E-state index >= 15 is 0 Å². The van der Waals surface area contributed by atoms with Crippen molar-refractivity contribution in [1.29, 1.82) is 5.26 Å². The predicted octanol–water partition coefficient (Wildman–Crippen LogP) is 6.00. The highest BCUT2D eigenvalue weighted by atomic mass is 79.9. The third kappa shape index (κ3) is 5.06. The summed E-state index contributed by atoms with van der Waals surface area (Å²) in [6, 6.07) is 23.4. The second-order valence-corrected chi connectivity index (χ2v) is 6.87. The van der Waals surface area contributed by atoms with Gasteiger partial charge in [-0.1, -0.05) is 40.2 Å². The Morgan fingerprint density at radius 3 is 2.25 bits per heavy atom. The van der Waals surface area contributed by atoms with E-state index in [-0.39, 0.29) is 5.69 Å². The minimum atomic E-state index is -0.466. The molecular formula is C22H15BrN2O3. The topological polar surface area (TPSA) is 76.2 Å². The van der Waals surface area contributed by atoms with E-state index in [1.807, 2.05) is 48.5 Å². The molecule has 0 heterocycles. The molecule has 0 N–H and O–H groups in total. The van der Waals surface area contributed by atoms with Gasteiger partial charge in [0.1, 0.15) is 12.4 Å². The van der Waals surface area contributed by atoms with E-state index in [4.69, 9.17) is 4.74 Å². The van der Waals surface area contributed by atoms with E-state index in [0.717, 1.165) is 21.3 Å². The number of rotatable bonds is 6. The lowest BCUT2D eigenvalue weighted by atomic mass is 10.0. The van der Waals surface area contributed by atoms with Crippen molar-refractivity contribution in [2.45, 2.75) is 6.61 Å². The fourth-order valence-corrected chi connectivity index (χ4v) is 2.78. The fourth-order valence-electron chi connectivity index (χ4n) is 2.52. The summed E-state index contributed by atoms with van der Waals surface area (Å²) in [7, 11) is 0. The molecule has 0 radical (unpaired) electrons. The largest absolute Gasteiger partial charge is 0.489 e. The number of hydrogen-bond donors (Lipinski definition) is 0. The van der Waals surface area contributed by atoms with Crippen LogP contribution in [0, 0.1) is 21.4 Å². The van der Waals surface area contributed by atoms with Gasteiger partial charge in [0, 0.05) is 16.6 Å². The van der Waals surface area contributed by atoms with Crippen LogP contribution in [0.5, 0.6) is 5.75 Å². The van der Waals surface area contributed by atoms with Crippen molar-refractivity contribution in [3.63, 3.8) is 0 Å². The summed E-state index contributed by atoms with van der Waals surface area (Å²) in [5.74, 6) is 0.730. The molecule has 0 spiro atoms. The highest BCUT2D eigenvalue weighted by Crippen LogP contribution is 2.22. The number of nitro benzene ring substituents is 1. The standard InChI is InChI=1S/C22H15BrN2O3/c23-20-7-1-17(2-8-20)15-28-22-11-3-16(4-12-22)13-19(14-24)18-5-9-21(10-6-18)25(26)27/h1-13H,15H2. The van der Waals surface area contributed by atoms with Crippen LogP contribution in [-0.2, 0) is 6.61 Å². The number of benzene rings is 3. The first-order valence-electron chi connectivity index (χ1n) is 8.39. The second-order valence-electron chi connectivity index (χ2n) is 5.96. The first kappa shape index (κ1) is 19.3. The summed E-state index contributed by atoms with van der Waals surface area (Å²) >= 11 is 3.40. The molecule has 3 rings (SSSR count). The molecule has 6 heteroatoms. The van der Waals surface area contributed by atoms with Crippen LogP contribution < -0.4 is 4.74 Å². The Labute approximate surface area is 170 Å². The zero-order chi connectivity index (χ0) is 19.9. The van der Waals surface area contributed by atoms with Crippen molar-refractivity contribution < 1.29 is 9.66 Å². The fraction of sp³-hybridized carbons (Fsp3) is 0.0455. The van der Waals surface area contributed by atoms with Gasteiger partial charge in [-0.15, -0.1) is 0 Å². The molecule has 3 aromatic rings. The lowest BCUT2D eigenvalue weighted by Crippen LogP contribution is -1.94. The van der Waals surface area contributed by atoms with Gasteiger partial charge in [-0.2, -0.15) is 5.26 Å². The van der Waals surface area contributed by atoms with Gasteiger partial charge in [0.05, 0.1) is 16.6 Å². The zero-order valence-electron chi connectivity index (χ0n) is 14.7. The van der Waals surface area contributed by atoms with Crippen molar-refractivity contribution in [3.8, 4) is 11.8 Å². The number of allylic oxidation sites excluding steroid dienone is 1. The molecule has 0 unspecified atom stereocenters. The molecule has 3 aromatic carbocycles. The number of ether oxygens (including phenoxy) is 1. The van der Waals surface area contributed by atoms with Gasteiger partial charge in [0.15, 0.2) is 0 Å². The number of nitro groups is 1. The zero-order valence-corrected chi connectivity index (χ0v) is 16.3. The van der Waals surface area contributed by atoms with Crippen molar-refractivity contribution >= 4 is 33.3 Å². The van der Waals surface area contributed by atoms with Gasteiger partial charge in [-0.25, -0.2) is 0 Å². The molecule has 0 amide bonds. The number of nitriles is 1.